The van der Waals surface area contributed by atoms with E-state index in [2.05, 4.69) is 10.3 Å². The fourth-order valence-electron chi connectivity index (χ4n) is 3.36. The Kier molecular flexibility index (Phi) is 8.79. The van der Waals surface area contributed by atoms with Gasteiger partial charge in [0.15, 0.2) is 12.3 Å². The lowest BCUT2D eigenvalue weighted by Crippen LogP contribution is -2.44. The SMILES string of the molecule is CC(C)CN(C(=O)COC(=O)CNC(=O)c1cccs1)c1c(N)n(Cc2ccccc2)c(=O)[nH]c1=O. The maximum Gasteiger partial charge on any atom is 0.330 e. The van der Waals surface area contributed by atoms with E-state index in [0.29, 0.717) is 4.88 Å². The van der Waals surface area contributed by atoms with Crippen LogP contribution in [0.25, 0.3) is 0 Å². The van der Waals surface area contributed by atoms with Crippen LogP contribution in [0, 0.1) is 5.92 Å². The first kappa shape index (κ1) is 26.4. The number of amides is 2. The molecule has 4 N–H and O–H groups in total. The molecule has 0 spiro atoms. The third kappa shape index (κ3) is 6.69. The normalized spacial score (nSPS) is 10.8. The van der Waals surface area contributed by atoms with Crippen molar-refractivity contribution in [3.63, 3.8) is 0 Å². The molecule has 190 valence electrons. The quantitative estimate of drug-likeness (QED) is 0.344. The Morgan fingerprint density at radius 1 is 1.14 bits per heavy atom. The highest BCUT2D eigenvalue weighted by atomic mass is 32.1. The lowest BCUT2D eigenvalue weighted by Gasteiger charge is -2.26. The van der Waals surface area contributed by atoms with Crippen LogP contribution in [0.4, 0.5) is 11.5 Å². The van der Waals surface area contributed by atoms with E-state index in [1.165, 1.54) is 15.9 Å². The molecule has 3 rings (SSSR count). The predicted octanol–water partition coefficient (Wildman–Crippen LogP) is 1.19. The Balaban J connectivity index is 1.76. The van der Waals surface area contributed by atoms with Crippen molar-refractivity contribution >= 4 is 40.6 Å². The molecular formula is C24H27N5O6S. The lowest BCUT2D eigenvalue weighted by atomic mass is 10.2. The number of rotatable bonds is 10. The second-order valence-electron chi connectivity index (χ2n) is 8.28. The van der Waals surface area contributed by atoms with E-state index >= 15 is 0 Å². The van der Waals surface area contributed by atoms with Crippen molar-refractivity contribution in [1.29, 1.82) is 0 Å². The molecule has 3 aromatic rings. The number of carbonyl (C=O) groups is 3. The third-order valence-corrected chi connectivity index (χ3v) is 5.88. The van der Waals surface area contributed by atoms with Crippen molar-refractivity contribution in [1.82, 2.24) is 14.9 Å². The van der Waals surface area contributed by atoms with Gasteiger partial charge in [-0.2, -0.15) is 0 Å². The van der Waals surface area contributed by atoms with Gasteiger partial charge in [-0.3, -0.25) is 28.7 Å². The Bertz CT molecular complexity index is 1330. The number of hydrogen-bond acceptors (Lipinski definition) is 8. The first-order valence-electron chi connectivity index (χ1n) is 11.1. The molecule has 0 atom stereocenters. The molecule has 0 aliphatic rings. The summed E-state index contributed by atoms with van der Waals surface area (Å²) in [5, 5.41) is 4.14. The van der Waals surface area contributed by atoms with Crippen molar-refractivity contribution < 1.29 is 19.1 Å². The van der Waals surface area contributed by atoms with Crippen LogP contribution in [0.15, 0.2) is 57.4 Å². The molecule has 2 heterocycles. The summed E-state index contributed by atoms with van der Waals surface area (Å²) < 4.78 is 6.19. The van der Waals surface area contributed by atoms with E-state index < -0.39 is 42.2 Å². The van der Waals surface area contributed by atoms with Crippen LogP contribution >= 0.6 is 11.3 Å². The average molecular weight is 514 g/mol. The number of H-pyrrole nitrogens is 1. The number of thiophene rings is 1. The van der Waals surface area contributed by atoms with Gasteiger partial charge in [0, 0.05) is 6.54 Å². The number of nitrogens with two attached hydrogens (primary N) is 1. The second kappa shape index (κ2) is 12.0. The van der Waals surface area contributed by atoms with Crippen LogP contribution in [0.3, 0.4) is 0 Å². The van der Waals surface area contributed by atoms with E-state index in [9.17, 15) is 24.0 Å². The van der Waals surface area contributed by atoms with Gasteiger partial charge in [0.05, 0.1) is 11.4 Å². The Hall–Kier alpha value is -4.19. The molecule has 0 aliphatic heterocycles. The number of hydrogen-bond donors (Lipinski definition) is 3. The summed E-state index contributed by atoms with van der Waals surface area (Å²) in [6.07, 6.45) is 0. The van der Waals surface area contributed by atoms with Gasteiger partial charge < -0.3 is 20.7 Å². The van der Waals surface area contributed by atoms with Crippen molar-refractivity contribution in [2.24, 2.45) is 5.92 Å². The summed E-state index contributed by atoms with van der Waals surface area (Å²) in [7, 11) is 0. The Morgan fingerprint density at radius 3 is 2.50 bits per heavy atom. The number of aromatic nitrogens is 2. The van der Waals surface area contributed by atoms with Gasteiger partial charge in [-0.05, 0) is 22.9 Å². The maximum atomic E-state index is 13.0. The highest BCUT2D eigenvalue weighted by Crippen LogP contribution is 2.19. The topological polar surface area (TPSA) is 157 Å². The molecule has 36 heavy (non-hydrogen) atoms. The molecule has 2 amide bonds. The molecular weight excluding hydrogens is 486 g/mol. The largest absolute Gasteiger partial charge is 0.454 e. The van der Waals surface area contributed by atoms with Crippen molar-refractivity contribution in [3.05, 3.63) is 79.1 Å². The minimum atomic E-state index is -0.828. The number of aromatic amines is 1. The van der Waals surface area contributed by atoms with Crippen LogP contribution in [0.2, 0.25) is 0 Å². The molecule has 0 aliphatic carbocycles. The Morgan fingerprint density at radius 2 is 1.86 bits per heavy atom. The zero-order chi connectivity index (χ0) is 26.2. The first-order valence-corrected chi connectivity index (χ1v) is 12.0. The molecule has 0 bridgehead atoms. The van der Waals surface area contributed by atoms with Gasteiger partial charge in [0.2, 0.25) is 0 Å². The van der Waals surface area contributed by atoms with E-state index in [1.54, 1.807) is 41.8 Å². The standard InChI is InChI=1S/C24H27N5O6S/c1-15(2)12-28(18(30)14-35-19(31)11-26-22(32)17-9-6-10-36-17)20-21(25)29(24(34)27-23(20)33)13-16-7-4-3-5-8-16/h3-10,15H,11-14,25H2,1-2H3,(H,26,32)(H,27,33,34). The summed E-state index contributed by atoms with van der Waals surface area (Å²) >= 11 is 1.22. The zero-order valence-electron chi connectivity index (χ0n) is 19.9. The highest BCUT2D eigenvalue weighted by Gasteiger charge is 2.26. The summed E-state index contributed by atoms with van der Waals surface area (Å²) in [6.45, 7) is 2.71. The smallest absolute Gasteiger partial charge is 0.330 e. The van der Waals surface area contributed by atoms with Gasteiger partial charge in [-0.1, -0.05) is 50.2 Å². The van der Waals surface area contributed by atoms with Crippen LogP contribution in [0.5, 0.6) is 0 Å². The monoisotopic (exact) mass is 513 g/mol. The van der Waals surface area contributed by atoms with Crippen molar-refractivity contribution in [2.75, 3.05) is 30.3 Å². The fourth-order valence-corrected chi connectivity index (χ4v) is 4.00. The van der Waals surface area contributed by atoms with Gasteiger partial charge in [-0.15, -0.1) is 11.3 Å². The number of ether oxygens (including phenoxy) is 1. The molecule has 0 fully saturated rings. The molecule has 12 heteroatoms. The van der Waals surface area contributed by atoms with Crippen molar-refractivity contribution in [3.8, 4) is 0 Å². The molecule has 0 unspecified atom stereocenters. The average Bonchev–Trinajstić information content (AvgIpc) is 3.38. The lowest BCUT2D eigenvalue weighted by molar-refractivity contribution is -0.146. The molecule has 1 aromatic carbocycles. The van der Waals surface area contributed by atoms with Gasteiger partial charge >= 0.3 is 11.7 Å². The van der Waals surface area contributed by atoms with Gasteiger partial charge in [0.1, 0.15) is 12.4 Å². The first-order chi connectivity index (χ1) is 17.2. The van der Waals surface area contributed by atoms with Gasteiger partial charge in [-0.25, -0.2) is 4.79 Å². The van der Waals surface area contributed by atoms with E-state index in [-0.39, 0.29) is 30.5 Å². The van der Waals surface area contributed by atoms with E-state index in [4.69, 9.17) is 10.5 Å². The second-order valence-corrected chi connectivity index (χ2v) is 9.23. The molecule has 2 aromatic heterocycles. The van der Waals surface area contributed by atoms with Crippen LogP contribution in [-0.4, -0.2) is 47.0 Å². The number of benzene rings is 1. The Labute approximate surface area is 210 Å². The number of nitrogens with zero attached hydrogens (tertiary/aromatic N) is 2. The molecule has 0 saturated heterocycles. The number of esters is 1. The molecule has 0 saturated carbocycles. The summed E-state index contributed by atoms with van der Waals surface area (Å²) in [4.78, 5) is 66.1. The van der Waals surface area contributed by atoms with Crippen LogP contribution in [0.1, 0.15) is 29.1 Å². The summed E-state index contributed by atoms with van der Waals surface area (Å²) in [5.74, 6) is -2.23. The number of nitrogens with one attached hydrogen (secondary N) is 2. The van der Waals surface area contributed by atoms with Crippen LogP contribution < -0.4 is 27.2 Å². The predicted molar refractivity (Wildman–Crippen MR) is 136 cm³/mol. The van der Waals surface area contributed by atoms with E-state index in [0.717, 1.165) is 10.5 Å². The zero-order valence-corrected chi connectivity index (χ0v) is 20.7. The number of carbonyl (C=O) groups excluding carboxylic acids is 3. The minimum Gasteiger partial charge on any atom is -0.454 e. The van der Waals surface area contributed by atoms with E-state index in [1.807, 2.05) is 19.9 Å². The number of anilines is 2. The highest BCUT2D eigenvalue weighted by molar-refractivity contribution is 7.12. The van der Waals surface area contributed by atoms with Crippen molar-refractivity contribution in [2.45, 2.75) is 20.4 Å². The summed E-state index contributed by atoms with van der Waals surface area (Å²) in [5.41, 5.74) is 5.25. The van der Waals surface area contributed by atoms with Gasteiger partial charge in [0.25, 0.3) is 17.4 Å². The summed E-state index contributed by atoms with van der Waals surface area (Å²) in [6, 6.07) is 12.3. The minimum absolute atomic E-state index is 0.0805. The maximum absolute atomic E-state index is 13.0. The molecule has 0 radical (unpaired) electrons. The third-order valence-electron chi connectivity index (χ3n) is 5.01. The molecule has 11 nitrogen and oxygen atoms in total. The fraction of sp³-hybridized carbons (Fsp3) is 0.292. The van der Waals surface area contributed by atoms with Crippen LogP contribution in [-0.2, 0) is 20.9 Å². The number of nitrogen functional groups attached to an aromatic ring is 1.